The van der Waals surface area contributed by atoms with Crippen molar-refractivity contribution in [3.05, 3.63) is 89.0 Å². The van der Waals surface area contributed by atoms with Crippen molar-refractivity contribution in [2.45, 2.75) is 18.9 Å². The lowest BCUT2D eigenvalue weighted by Crippen LogP contribution is -2.44. The van der Waals surface area contributed by atoms with Crippen LogP contribution in [0.5, 0.6) is 11.5 Å². The molecule has 3 aliphatic rings. The maximum atomic E-state index is 13.5. The Morgan fingerprint density at radius 3 is 2.31 bits per heavy atom. The number of benzene rings is 3. The van der Waals surface area contributed by atoms with Crippen molar-refractivity contribution in [1.29, 1.82) is 0 Å². The number of ketones is 1. The van der Waals surface area contributed by atoms with Crippen LogP contribution in [0.2, 0.25) is 0 Å². The van der Waals surface area contributed by atoms with Gasteiger partial charge in [-0.1, -0.05) is 12.1 Å². The summed E-state index contributed by atoms with van der Waals surface area (Å²) in [7, 11) is 2.11. The SMILES string of the molecule is CN1CCN(c2ccc(N3C(=O)C(=O)/C(=C(\O)c4ccc5c(c4)CCCO5)C3c3ccc(O)cc3)cc2)CC1. The molecule has 6 rings (SSSR count). The van der Waals surface area contributed by atoms with E-state index in [1.54, 1.807) is 24.3 Å². The average molecular weight is 526 g/mol. The Morgan fingerprint density at radius 2 is 1.59 bits per heavy atom. The number of carbonyl (C=O) groups excluding carboxylic acids is 2. The summed E-state index contributed by atoms with van der Waals surface area (Å²) in [5.74, 6) is -0.835. The molecule has 0 aromatic heterocycles. The molecular weight excluding hydrogens is 494 g/mol. The first-order valence-corrected chi connectivity index (χ1v) is 13.3. The van der Waals surface area contributed by atoms with Crippen LogP contribution in [0.4, 0.5) is 11.4 Å². The number of rotatable bonds is 4. The molecule has 0 spiro atoms. The molecule has 3 aliphatic heterocycles. The van der Waals surface area contributed by atoms with Gasteiger partial charge < -0.3 is 24.7 Å². The van der Waals surface area contributed by atoms with E-state index < -0.39 is 17.7 Å². The lowest BCUT2D eigenvalue weighted by Gasteiger charge is -2.34. The quantitative estimate of drug-likeness (QED) is 0.301. The molecule has 0 aliphatic carbocycles. The largest absolute Gasteiger partial charge is 0.508 e. The number of fused-ring (bicyclic) bond motifs is 1. The second-order valence-corrected chi connectivity index (χ2v) is 10.3. The molecule has 2 fully saturated rings. The maximum Gasteiger partial charge on any atom is 0.300 e. The van der Waals surface area contributed by atoms with Crippen LogP contribution in [0.1, 0.15) is 29.2 Å². The van der Waals surface area contributed by atoms with Gasteiger partial charge in [0.05, 0.1) is 18.2 Å². The van der Waals surface area contributed by atoms with E-state index in [4.69, 9.17) is 4.74 Å². The minimum atomic E-state index is -0.854. The summed E-state index contributed by atoms with van der Waals surface area (Å²) >= 11 is 0. The highest BCUT2D eigenvalue weighted by Gasteiger charge is 2.47. The summed E-state index contributed by atoms with van der Waals surface area (Å²) in [5.41, 5.74) is 3.67. The Hall–Kier alpha value is -4.30. The molecule has 0 radical (unpaired) electrons. The number of likely N-dealkylation sites (N-methyl/N-ethyl adjacent to an activating group) is 1. The zero-order valence-corrected chi connectivity index (χ0v) is 21.8. The first kappa shape index (κ1) is 25.0. The lowest BCUT2D eigenvalue weighted by atomic mass is 9.94. The van der Waals surface area contributed by atoms with Crippen LogP contribution in [0, 0.1) is 0 Å². The number of aryl methyl sites for hydroxylation is 1. The van der Waals surface area contributed by atoms with Crippen LogP contribution in [-0.4, -0.2) is 66.6 Å². The van der Waals surface area contributed by atoms with Gasteiger partial charge in [-0.2, -0.15) is 0 Å². The van der Waals surface area contributed by atoms with E-state index in [-0.39, 0.29) is 17.1 Å². The molecule has 1 amide bonds. The van der Waals surface area contributed by atoms with Gasteiger partial charge in [-0.25, -0.2) is 0 Å². The molecule has 2 saturated heterocycles. The van der Waals surface area contributed by atoms with Gasteiger partial charge in [0.2, 0.25) is 0 Å². The number of hydrogen-bond acceptors (Lipinski definition) is 7. The number of piperazine rings is 1. The lowest BCUT2D eigenvalue weighted by molar-refractivity contribution is -0.132. The number of carbonyl (C=O) groups is 2. The van der Waals surface area contributed by atoms with Crippen molar-refractivity contribution in [3.8, 4) is 11.5 Å². The number of phenols is 1. The Labute approximate surface area is 227 Å². The first-order chi connectivity index (χ1) is 18.9. The van der Waals surface area contributed by atoms with Gasteiger partial charge in [-0.05, 0) is 85.6 Å². The molecule has 0 bridgehead atoms. The summed E-state index contributed by atoms with van der Waals surface area (Å²) in [4.78, 5) is 33.0. The number of nitrogens with zero attached hydrogens (tertiary/aromatic N) is 3. The number of phenolic OH excluding ortho intramolecular Hbond substituents is 1. The van der Waals surface area contributed by atoms with Gasteiger partial charge >= 0.3 is 0 Å². The van der Waals surface area contributed by atoms with Crippen molar-refractivity contribution in [3.63, 3.8) is 0 Å². The Bertz CT molecular complexity index is 1440. The molecule has 8 nitrogen and oxygen atoms in total. The van der Waals surface area contributed by atoms with E-state index in [0.717, 1.165) is 56.0 Å². The first-order valence-electron chi connectivity index (χ1n) is 13.3. The molecule has 2 N–H and O–H groups in total. The molecule has 3 heterocycles. The molecule has 1 unspecified atom stereocenters. The Morgan fingerprint density at radius 1 is 0.897 bits per heavy atom. The van der Waals surface area contributed by atoms with E-state index >= 15 is 0 Å². The fourth-order valence-electron chi connectivity index (χ4n) is 5.62. The molecule has 3 aromatic rings. The van der Waals surface area contributed by atoms with E-state index in [1.807, 2.05) is 30.3 Å². The number of ether oxygens (including phenoxy) is 1. The number of anilines is 2. The van der Waals surface area contributed by atoms with Crippen LogP contribution < -0.4 is 14.5 Å². The molecule has 3 aromatic carbocycles. The summed E-state index contributed by atoms with van der Waals surface area (Å²) in [6.45, 7) is 4.44. The third-order valence-electron chi connectivity index (χ3n) is 7.83. The van der Waals surface area contributed by atoms with Crippen molar-refractivity contribution < 1.29 is 24.5 Å². The minimum absolute atomic E-state index is 0.0190. The van der Waals surface area contributed by atoms with Gasteiger partial charge in [0.25, 0.3) is 11.7 Å². The second-order valence-electron chi connectivity index (χ2n) is 10.3. The predicted octanol–water partition coefficient (Wildman–Crippen LogP) is 4.10. The highest BCUT2D eigenvalue weighted by atomic mass is 16.5. The van der Waals surface area contributed by atoms with E-state index in [0.29, 0.717) is 23.4 Å². The topological polar surface area (TPSA) is 93.6 Å². The van der Waals surface area contributed by atoms with Crippen molar-refractivity contribution in [1.82, 2.24) is 4.90 Å². The molecule has 0 saturated carbocycles. The van der Waals surface area contributed by atoms with Crippen molar-refractivity contribution >= 4 is 28.8 Å². The standard InChI is InChI=1S/C31H31N3O5/c1-32-14-16-33(17-15-32)23-7-9-24(10-8-23)34-28(20-4-11-25(35)12-5-20)27(30(37)31(34)38)29(36)22-6-13-26-21(19-22)3-2-18-39-26/h4-13,19,28,35-36H,2-3,14-18H2,1H3/b29-27-. The van der Waals surface area contributed by atoms with E-state index in [1.165, 1.54) is 17.0 Å². The highest BCUT2D eigenvalue weighted by Crippen LogP contribution is 2.43. The third-order valence-corrected chi connectivity index (χ3v) is 7.83. The van der Waals surface area contributed by atoms with Gasteiger partial charge in [-0.15, -0.1) is 0 Å². The zero-order chi connectivity index (χ0) is 27.1. The fourth-order valence-corrected chi connectivity index (χ4v) is 5.62. The van der Waals surface area contributed by atoms with Gasteiger partial charge in [0.1, 0.15) is 17.3 Å². The van der Waals surface area contributed by atoms with Crippen LogP contribution in [0.25, 0.3) is 5.76 Å². The van der Waals surface area contributed by atoms with E-state index in [9.17, 15) is 19.8 Å². The Balaban J connectivity index is 1.41. The molecule has 8 heteroatoms. The van der Waals surface area contributed by atoms with Crippen LogP contribution in [-0.2, 0) is 16.0 Å². The molecule has 200 valence electrons. The molecule has 39 heavy (non-hydrogen) atoms. The Kier molecular flexibility index (Phi) is 6.48. The third kappa shape index (κ3) is 4.61. The predicted molar refractivity (Wildman–Crippen MR) is 149 cm³/mol. The summed E-state index contributed by atoms with van der Waals surface area (Å²) < 4.78 is 5.70. The summed E-state index contributed by atoms with van der Waals surface area (Å²) in [5, 5.41) is 21.4. The number of hydrogen-bond donors (Lipinski definition) is 2. The number of aromatic hydroxyl groups is 1. The van der Waals surface area contributed by atoms with Crippen LogP contribution >= 0.6 is 0 Å². The number of aliphatic hydroxyl groups is 1. The number of Topliss-reactive ketones (excluding diaryl/α,β-unsaturated/α-hetero) is 1. The minimum Gasteiger partial charge on any atom is -0.508 e. The fraction of sp³-hybridized carbons (Fsp3) is 0.290. The smallest absolute Gasteiger partial charge is 0.300 e. The van der Waals surface area contributed by atoms with E-state index in [2.05, 4.69) is 16.8 Å². The molecular formula is C31H31N3O5. The monoisotopic (exact) mass is 525 g/mol. The summed E-state index contributed by atoms with van der Waals surface area (Å²) in [6.07, 6.45) is 1.69. The normalized spacial score (nSPS) is 21.1. The van der Waals surface area contributed by atoms with Crippen molar-refractivity contribution in [2.75, 3.05) is 49.6 Å². The van der Waals surface area contributed by atoms with Gasteiger partial charge in [0.15, 0.2) is 0 Å². The number of amides is 1. The van der Waals surface area contributed by atoms with Crippen LogP contribution in [0.15, 0.2) is 72.3 Å². The zero-order valence-electron chi connectivity index (χ0n) is 21.8. The number of aliphatic hydroxyl groups excluding tert-OH is 1. The summed E-state index contributed by atoms with van der Waals surface area (Å²) in [6, 6.07) is 18.5. The van der Waals surface area contributed by atoms with Gasteiger partial charge in [0, 0.05) is 43.1 Å². The van der Waals surface area contributed by atoms with Gasteiger partial charge in [-0.3, -0.25) is 14.5 Å². The maximum absolute atomic E-state index is 13.5. The highest BCUT2D eigenvalue weighted by molar-refractivity contribution is 6.51. The van der Waals surface area contributed by atoms with Crippen molar-refractivity contribution in [2.24, 2.45) is 0 Å². The molecule has 1 atom stereocenters. The average Bonchev–Trinajstić information content (AvgIpc) is 3.23. The second kappa shape index (κ2) is 10.1. The van der Waals surface area contributed by atoms with Crippen LogP contribution in [0.3, 0.4) is 0 Å².